The summed E-state index contributed by atoms with van der Waals surface area (Å²) in [6, 6.07) is 0.545. The molecular formula is C20H21ClF4N6O. The van der Waals surface area contributed by atoms with Crippen molar-refractivity contribution in [3.05, 3.63) is 35.5 Å². The summed E-state index contributed by atoms with van der Waals surface area (Å²) >= 11 is 6.05. The number of anilines is 1. The van der Waals surface area contributed by atoms with Crippen molar-refractivity contribution in [2.75, 3.05) is 11.9 Å². The smallest absolute Gasteiger partial charge is 0.356 e. The monoisotopic (exact) mass is 472 g/mol. The van der Waals surface area contributed by atoms with Gasteiger partial charge in [0.15, 0.2) is 17.5 Å². The van der Waals surface area contributed by atoms with E-state index in [0.29, 0.717) is 21.6 Å². The Labute approximate surface area is 186 Å². The maximum absolute atomic E-state index is 14.5. The number of hydrogen-bond acceptors (Lipinski definition) is 5. The molecule has 0 fully saturated rings. The van der Waals surface area contributed by atoms with Gasteiger partial charge < -0.3 is 15.2 Å². The molecule has 0 saturated heterocycles. The molecule has 2 N–H and O–H groups in total. The van der Waals surface area contributed by atoms with Gasteiger partial charge in [-0.15, -0.1) is 0 Å². The van der Waals surface area contributed by atoms with E-state index in [2.05, 4.69) is 20.3 Å². The van der Waals surface area contributed by atoms with Crippen LogP contribution in [0, 0.1) is 11.7 Å². The third kappa shape index (κ3) is 5.64. The molecule has 32 heavy (non-hydrogen) atoms. The van der Waals surface area contributed by atoms with E-state index in [0.717, 1.165) is 6.20 Å². The van der Waals surface area contributed by atoms with Gasteiger partial charge >= 0.3 is 6.18 Å². The highest BCUT2D eigenvalue weighted by atomic mass is 35.5. The number of pyridine rings is 1. The molecule has 0 radical (unpaired) electrons. The van der Waals surface area contributed by atoms with Gasteiger partial charge in [0, 0.05) is 30.4 Å². The number of halogens is 5. The number of aryl methyl sites for hydroxylation is 1. The van der Waals surface area contributed by atoms with Crippen LogP contribution < -0.4 is 10.6 Å². The lowest BCUT2D eigenvalue weighted by Crippen LogP contribution is -2.44. The molecule has 0 saturated carbocycles. The van der Waals surface area contributed by atoms with Crippen LogP contribution in [0.4, 0.5) is 23.4 Å². The molecule has 0 aliphatic rings. The Balaban J connectivity index is 1.93. The summed E-state index contributed by atoms with van der Waals surface area (Å²) in [7, 11) is 1.76. The van der Waals surface area contributed by atoms with Gasteiger partial charge in [-0.3, -0.25) is 4.79 Å². The van der Waals surface area contributed by atoms with E-state index in [1.165, 1.54) is 6.20 Å². The highest BCUT2D eigenvalue weighted by Crippen LogP contribution is 2.30. The van der Waals surface area contributed by atoms with Crippen LogP contribution in [-0.4, -0.2) is 44.2 Å². The van der Waals surface area contributed by atoms with Crippen LogP contribution in [0.5, 0.6) is 0 Å². The number of amides is 1. The zero-order chi connectivity index (χ0) is 23.6. The van der Waals surface area contributed by atoms with Crippen molar-refractivity contribution in [3.8, 4) is 11.4 Å². The Morgan fingerprint density at radius 3 is 2.62 bits per heavy atom. The van der Waals surface area contributed by atoms with E-state index in [9.17, 15) is 22.4 Å². The third-order valence-corrected chi connectivity index (χ3v) is 4.77. The summed E-state index contributed by atoms with van der Waals surface area (Å²) < 4.78 is 53.7. The van der Waals surface area contributed by atoms with Crippen LogP contribution in [0.1, 0.15) is 20.3 Å². The summed E-state index contributed by atoms with van der Waals surface area (Å²) in [5, 5.41) is 5.50. The average molecular weight is 473 g/mol. The topological polar surface area (TPSA) is 84.7 Å². The molecule has 3 heterocycles. The maximum atomic E-state index is 14.5. The number of aromatic nitrogens is 4. The van der Waals surface area contributed by atoms with Gasteiger partial charge in [-0.2, -0.15) is 13.2 Å². The number of nitrogens with zero attached hydrogens (tertiary/aromatic N) is 4. The van der Waals surface area contributed by atoms with Crippen molar-refractivity contribution in [1.29, 1.82) is 0 Å². The minimum Gasteiger partial charge on any atom is -0.356 e. The van der Waals surface area contributed by atoms with Gasteiger partial charge in [0.25, 0.3) is 0 Å². The van der Waals surface area contributed by atoms with Gasteiger partial charge in [-0.05, 0) is 18.4 Å². The number of carbonyl (C=O) groups is 1. The second kappa shape index (κ2) is 9.27. The van der Waals surface area contributed by atoms with Gasteiger partial charge in [0.05, 0.1) is 11.2 Å². The van der Waals surface area contributed by atoms with Crippen LogP contribution in [0.25, 0.3) is 22.4 Å². The van der Waals surface area contributed by atoms with E-state index in [4.69, 9.17) is 11.6 Å². The summed E-state index contributed by atoms with van der Waals surface area (Å²) in [5.74, 6) is -1.96. The molecule has 0 aromatic carbocycles. The highest BCUT2D eigenvalue weighted by Gasteiger charge is 2.30. The first-order valence-electron chi connectivity index (χ1n) is 9.69. The average Bonchev–Trinajstić information content (AvgIpc) is 3.02. The molecule has 0 bridgehead atoms. The van der Waals surface area contributed by atoms with Crippen LogP contribution in [0.3, 0.4) is 0 Å². The predicted molar refractivity (Wildman–Crippen MR) is 113 cm³/mol. The van der Waals surface area contributed by atoms with E-state index < -0.39 is 30.5 Å². The van der Waals surface area contributed by atoms with E-state index in [-0.39, 0.29) is 24.0 Å². The predicted octanol–water partition coefficient (Wildman–Crippen LogP) is 4.33. The SMILES string of the molecule is CC(C)C[C@@H](Nc1nc(-c2cn(C)c3ncc(Cl)cc23)ncc1F)C(=O)NCC(F)(F)F. The zero-order valence-electron chi connectivity index (χ0n) is 17.5. The Bertz CT molecular complexity index is 1130. The molecule has 0 spiro atoms. The Morgan fingerprint density at radius 1 is 1.25 bits per heavy atom. The normalized spacial score (nSPS) is 12.9. The van der Waals surface area contributed by atoms with Crippen molar-refractivity contribution < 1.29 is 22.4 Å². The quantitative estimate of drug-likeness (QED) is 0.500. The number of rotatable bonds is 7. The number of hydrogen-bond donors (Lipinski definition) is 2. The van der Waals surface area contributed by atoms with Crippen LogP contribution in [0.2, 0.25) is 5.02 Å². The molecule has 7 nitrogen and oxygen atoms in total. The Kier molecular flexibility index (Phi) is 6.87. The standard InChI is InChI=1S/C20H21ClF4N6O/c1-10(2)4-15(19(32)28-9-20(23,24)25)29-17-14(22)7-26-16(30-17)13-8-31(3)18-12(13)5-11(21)6-27-18/h5-8,10,15H,4,9H2,1-3H3,(H,28,32)(H,26,29,30)/t15-/m1/s1. The van der Waals surface area contributed by atoms with Crippen molar-refractivity contribution >= 4 is 34.4 Å². The number of fused-ring (bicyclic) bond motifs is 1. The molecule has 3 rings (SSSR count). The van der Waals surface area contributed by atoms with Crippen molar-refractivity contribution in [1.82, 2.24) is 24.8 Å². The highest BCUT2D eigenvalue weighted by molar-refractivity contribution is 6.31. The first-order chi connectivity index (χ1) is 14.9. The first-order valence-corrected chi connectivity index (χ1v) is 10.1. The van der Waals surface area contributed by atoms with Crippen molar-refractivity contribution in [2.45, 2.75) is 32.5 Å². The minimum absolute atomic E-state index is 0.0558. The van der Waals surface area contributed by atoms with Gasteiger partial charge in [0.1, 0.15) is 18.2 Å². The molecular weight excluding hydrogens is 452 g/mol. The summed E-state index contributed by atoms with van der Waals surface area (Å²) in [5.41, 5.74) is 1.14. The third-order valence-electron chi connectivity index (χ3n) is 4.56. The van der Waals surface area contributed by atoms with Gasteiger partial charge in [-0.1, -0.05) is 25.4 Å². The van der Waals surface area contributed by atoms with E-state index >= 15 is 0 Å². The number of alkyl halides is 3. The van der Waals surface area contributed by atoms with Crippen LogP contribution in [0.15, 0.2) is 24.7 Å². The number of nitrogens with one attached hydrogen (secondary N) is 2. The van der Waals surface area contributed by atoms with Gasteiger partial charge in [-0.25, -0.2) is 19.3 Å². The Hall–Kier alpha value is -2.95. The van der Waals surface area contributed by atoms with Crippen LogP contribution >= 0.6 is 11.6 Å². The zero-order valence-corrected chi connectivity index (χ0v) is 18.2. The second-order valence-corrected chi connectivity index (χ2v) is 8.16. The van der Waals surface area contributed by atoms with Gasteiger partial charge in [0.2, 0.25) is 5.91 Å². The van der Waals surface area contributed by atoms with Crippen LogP contribution in [-0.2, 0) is 11.8 Å². The van der Waals surface area contributed by atoms with Crippen molar-refractivity contribution in [3.63, 3.8) is 0 Å². The molecule has 3 aromatic rings. The number of carbonyl (C=O) groups excluding carboxylic acids is 1. The minimum atomic E-state index is -4.56. The molecule has 0 unspecified atom stereocenters. The first kappa shape index (κ1) is 23.7. The molecule has 172 valence electrons. The lowest BCUT2D eigenvalue weighted by Gasteiger charge is -2.21. The van der Waals surface area contributed by atoms with Crippen molar-refractivity contribution in [2.24, 2.45) is 13.0 Å². The molecule has 1 atom stereocenters. The van der Waals surface area contributed by atoms with E-state index in [1.54, 1.807) is 37.7 Å². The fourth-order valence-electron chi connectivity index (χ4n) is 3.19. The summed E-state index contributed by atoms with van der Waals surface area (Å²) in [6.45, 7) is 2.10. The Morgan fingerprint density at radius 2 is 1.97 bits per heavy atom. The lowest BCUT2D eigenvalue weighted by molar-refractivity contribution is -0.139. The molecule has 0 aliphatic carbocycles. The van der Waals surface area contributed by atoms with E-state index in [1.807, 2.05) is 5.32 Å². The molecule has 0 aliphatic heterocycles. The largest absolute Gasteiger partial charge is 0.405 e. The maximum Gasteiger partial charge on any atom is 0.405 e. The molecule has 3 aromatic heterocycles. The second-order valence-electron chi connectivity index (χ2n) is 7.73. The molecule has 1 amide bonds. The fraction of sp³-hybridized carbons (Fsp3) is 0.400. The lowest BCUT2D eigenvalue weighted by atomic mass is 10.0. The summed E-state index contributed by atoms with van der Waals surface area (Å²) in [4.78, 5) is 24.8. The fourth-order valence-corrected chi connectivity index (χ4v) is 3.35. The molecule has 12 heteroatoms. The summed E-state index contributed by atoms with van der Waals surface area (Å²) in [6.07, 6.45) is -0.276.